The second-order valence-electron chi connectivity index (χ2n) is 7.14. The van der Waals surface area contributed by atoms with Crippen LogP contribution < -0.4 is 11.0 Å². The third-order valence-corrected chi connectivity index (χ3v) is 4.69. The predicted molar refractivity (Wildman–Crippen MR) is 97.7 cm³/mol. The van der Waals surface area contributed by atoms with Gasteiger partial charge in [0.1, 0.15) is 24.1 Å². The maximum absolute atomic E-state index is 12.6. The number of hydrogen-bond acceptors (Lipinski definition) is 7. The third-order valence-electron chi connectivity index (χ3n) is 4.69. The second kappa shape index (κ2) is 7.10. The van der Waals surface area contributed by atoms with Crippen LogP contribution in [0.5, 0.6) is 0 Å². The summed E-state index contributed by atoms with van der Waals surface area (Å²) in [5.74, 6) is -1.07. The molecule has 4 atom stereocenters. The molecule has 9 heteroatoms. The van der Waals surface area contributed by atoms with Gasteiger partial charge in [-0.05, 0) is 32.0 Å². The Morgan fingerprint density at radius 3 is 2.61 bits per heavy atom. The number of aromatic nitrogens is 2. The lowest BCUT2D eigenvalue weighted by Crippen LogP contribution is -2.35. The molecule has 2 N–H and O–H groups in total. The van der Waals surface area contributed by atoms with Crippen LogP contribution in [0.3, 0.4) is 0 Å². The van der Waals surface area contributed by atoms with Crippen molar-refractivity contribution in [3.05, 3.63) is 58.6 Å². The summed E-state index contributed by atoms with van der Waals surface area (Å²) in [6.07, 6.45) is -0.971. The van der Waals surface area contributed by atoms with Crippen molar-refractivity contribution >= 4 is 11.7 Å². The average Bonchev–Trinajstić information content (AvgIpc) is 3.15. The van der Waals surface area contributed by atoms with E-state index in [1.54, 1.807) is 44.2 Å². The summed E-state index contributed by atoms with van der Waals surface area (Å²) in [6.45, 7) is 3.27. The molecule has 28 heavy (non-hydrogen) atoms. The molecular weight excluding hydrogens is 366 g/mol. The Hall–Kier alpha value is -2.59. The average molecular weight is 387 g/mol. The van der Waals surface area contributed by atoms with Crippen LogP contribution in [0.1, 0.15) is 30.4 Å². The zero-order chi connectivity index (χ0) is 19.9. The number of aliphatic hydroxyl groups excluding tert-OH is 1. The molecule has 2 aromatic rings. The van der Waals surface area contributed by atoms with Crippen LogP contribution in [0.15, 0.2) is 47.4 Å². The Morgan fingerprint density at radius 2 is 1.93 bits per heavy atom. The molecule has 0 bridgehead atoms. The molecule has 0 unspecified atom stereocenters. The maximum atomic E-state index is 12.6. The molecule has 0 saturated carbocycles. The van der Waals surface area contributed by atoms with Gasteiger partial charge in [0.05, 0.1) is 6.61 Å². The summed E-state index contributed by atoms with van der Waals surface area (Å²) in [5, 5.41) is 12.2. The first-order chi connectivity index (χ1) is 13.4. The van der Waals surface area contributed by atoms with Gasteiger partial charge in [-0.3, -0.25) is 9.36 Å². The lowest BCUT2D eigenvalue weighted by Gasteiger charge is -2.24. The molecule has 1 aromatic heterocycles. The number of amides is 1. The van der Waals surface area contributed by atoms with Crippen LogP contribution in [0.25, 0.3) is 0 Å². The maximum Gasteiger partial charge on any atom is 0.351 e. The highest BCUT2D eigenvalue weighted by atomic mass is 16.8. The van der Waals surface area contributed by atoms with E-state index in [2.05, 4.69) is 10.3 Å². The van der Waals surface area contributed by atoms with Crippen molar-refractivity contribution in [2.24, 2.45) is 0 Å². The standard InChI is InChI=1S/C19H21N3O6/c1-19(2)27-14-12(10-23)26-17(15(14)28-19)22-9-8-13(21-18(22)25)20-16(24)11-6-4-3-5-7-11/h3-9,12,14-15,17,23H,10H2,1-2H3,(H,20,21,24,25)/t12-,14-,15-,17-/m1/s1. The highest BCUT2D eigenvalue weighted by molar-refractivity contribution is 6.03. The lowest BCUT2D eigenvalue weighted by molar-refractivity contribution is -0.200. The van der Waals surface area contributed by atoms with E-state index in [-0.39, 0.29) is 18.3 Å². The molecule has 4 rings (SSSR count). The molecule has 0 spiro atoms. The number of anilines is 1. The highest BCUT2D eigenvalue weighted by Gasteiger charge is 2.55. The molecule has 9 nitrogen and oxygen atoms in total. The molecular formula is C19H21N3O6. The molecule has 0 aliphatic carbocycles. The number of carbonyl (C=O) groups excluding carboxylic acids is 1. The normalized spacial score (nSPS) is 28.1. The van der Waals surface area contributed by atoms with Gasteiger partial charge in [0, 0.05) is 11.8 Å². The van der Waals surface area contributed by atoms with Crippen LogP contribution in [-0.4, -0.2) is 51.3 Å². The molecule has 3 heterocycles. The van der Waals surface area contributed by atoms with Crippen molar-refractivity contribution in [1.82, 2.24) is 9.55 Å². The predicted octanol–water partition coefficient (Wildman–Crippen LogP) is 0.905. The quantitative estimate of drug-likeness (QED) is 0.802. The summed E-state index contributed by atoms with van der Waals surface area (Å²) in [6, 6.07) is 10.1. The fraction of sp³-hybridized carbons (Fsp3) is 0.421. The van der Waals surface area contributed by atoms with E-state index in [0.717, 1.165) is 0 Å². The van der Waals surface area contributed by atoms with E-state index in [4.69, 9.17) is 14.2 Å². The van der Waals surface area contributed by atoms with Gasteiger partial charge >= 0.3 is 5.69 Å². The zero-order valence-corrected chi connectivity index (χ0v) is 15.4. The fourth-order valence-electron chi connectivity index (χ4n) is 3.48. The van der Waals surface area contributed by atoms with Crippen molar-refractivity contribution in [2.45, 2.75) is 44.2 Å². The van der Waals surface area contributed by atoms with Gasteiger partial charge in [0.25, 0.3) is 5.91 Å². The van der Waals surface area contributed by atoms with E-state index in [0.29, 0.717) is 5.56 Å². The number of nitrogens with zero attached hydrogens (tertiary/aromatic N) is 2. The number of nitrogens with one attached hydrogen (secondary N) is 1. The van der Waals surface area contributed by atoms with Crippen molar-refractivity contribution < 1.29 is 24.1 Å². The van der Waals surface area contributed by atoms with Crippen molar-refractivity contribution in [2.75, 3.05) is 11.9 Å². The second-order valence-corrected chi connectivity index (χ2v) is 7.14. The van der Waals surface area contributed by atoms with E-state index in [1.807, 2.05) is 0 Å². The first-order valence-electron chi connectivity index (χ1n) is 8.95. The van der Waals surface area contributed by atoms with Crippen LogP contribution in [-0.2, 0) is 14.2 Å². The van der Waals surface area contributed by atoms with Crippen LogP contribution in [0, 0.1) is 0 Å². The summed E-state index contributed by atoms with van der Waals surface area (Å²) in [7, 11) is 0. The molecule has 148 valence electrons. The number of carbonyl (C=O) groups is 1. The third kappa shape index (κ3) is 3.45. The number of benzene rings is 1. The highest BCUT2D eigenvalue weighted by Crippen LogP contribution is 2.42. The molecule has 0 radical (unpaired) electrons. The van der Waals surface area contributed by atoms with Gasteiger partial charge in [-0.15, -0.1) is 0 Å². The number of fused-ring (bicyclic) bond motifs is 1. The SMILES string of the molecule is CC1(C)O[C@@H]2[C@H](O1)[C@@H](CO)O[C@H]2n1ccc(NC(=O)c2ccccc2)nc1=O. The van der Waals surface area contributed by atoms with Gasteiger partial charge in [-0.1, -0.05) is 18.2 Å². The minimum Gasteiger partial charge on any atom is -0.394 e. The topological polar surface area (TPSA) is 112 Å². The number of rotatable bonds is 4. The summed E-state index contributed by atoms with van der Waals surface area (Å²) >= 11 is 0. The smallest absolute Gasteiger partial charge is 0.351 e. The number of ether oxygens (including phenoxy) is 3. The zero-order valence-electron chi connectivity index (χ0n) is 15.4. The van der Waals surface area contributed by atoms with Gasteiger partial charge in [-0.25, -0.2) is 4.79 Å². The van der Waals surface area contributed by atoms with Crippen LogP contribution >= 0.6 is 0 Å². The van der Waals surface area contributed by atoms with Gasteiger partial charge in [0.2, 0.25) is 0 Å². The van der Waals surface area contributed by atoms with Crippen molar-refractivity contribution in [1.29, 1.82) is 0 Å². The Morgan fingerprint density at radius 1 is 1.21 bits per heavy atom. The summed E-state index contributed by atoms with van der Waals surface area (Å²) in [4.78, 5) is 28.7. The van der Waals surface area contributed by atoms with Crippen LogP contribution in [0.2, 0.25) is 0 Å². The summed E-state index contributed by atoms with van der Waals surface area (Å²) in [5.41, 5.74) is -0.151. The Bertz CT molecular complexity index is 929. The number of aliphatic hydroxyl groups is 1. The van der Waals surface area contributed by atoms with Gasteiger partial charge in [0.15, 0.2) is 12.0 Å². The first kappa shape index (κ1) is 18.8. The molecule has 1 aromatic carbocycles. The van der Waals surface area contributed by atoms with Gasteiger partial charge < -0.3 is 24.6 Å². The van der Waals surface area contributed by atoms with Crippen LogP contribution in [0.4, 0.5) is 5.82 Å². The molecule has 2 aliphatic rings. The van der Waals surface area contributed by atoms with Gasteiger partial charge in [-0.2, -0.15) is 4.98 Å². The van der Waals surface area contributed by atoms with E-state index >= 15 is 0 Å². The monoisotopic (exact) mass is 387 g/mol. The Balaban J connectivity index is 1.55. The minimum atomic E-state index is -0.842. The Kier molecular flexibility index (Phi) is 4.76. The minimum absolute atomic E-state index is 0.132. The molecule has 2 saturated heterocycles. The first-order valence-corrected chi connectivity index (χ1v) is 8.95. The van der Waals surface area contributed by atoms with Crippen molar-refractivity contribution in [3.63, 3.8) is 0 Å². The van der Waals surface area contributed by atoms with Crippen molar-refractivity contribution in [3.8, 4) is 0 Å². The largest absolute Gasteiger partial charge is 0.394 e. The fourth-order valence-corrected chi connectivity index (χ4v) is 3.48. The van der Waals surface area contributed by atoms with E-state index < -0.39 is 36.0 Å². The molecule has 1 amide bonds. The molecule has 2 fully saturated rings. The number of hydrogen-bond donors (Lipinski definition) is 2. The summed E-state index contributed by atoms with van der Waals surface area (Å²) < 4.78 is 18.7. The van der Waals surface area contributed by atoms with E-state index in [1.165, 1.54) is 16.8 Å². The molecule has 2 aliphatic heterocycles. The lowest BCUT2D eigenvalue weighted by atomic mass is 10.1. The van der Waals surface area contributed by atoms with E-state index in [9.17, 15) is 14.7 Å². The Labute approximate surface area is 160 Å².